The molecule has 0 saturated carbocycles. The van der Waals surface area contributed by atoms with E-state index in [1.807, 2.05) is 7.05 Å². The highest BCUT2D eigenvalue weighted by Crippen LogP contribution is 2.33. The lowest BCUT2D eigenvalue weighted by Crippen LogP contribution is -2.53. The van der Waals surface area contributed by atoms with E-state index in [0.717, 1.165) is 69.1 Å². The summed E-state index contributed by atoms with van der Waals surface area (Å²) in [6.45, 7) is 9.70. The Bertz CT molecular complexity index is 859. The number of piperazine rings is 1. The zero-order valence-electron chi connectivity index (χ0n) is 18.9. The van der Waals surface area contributed by atoms with E-state index in [9.17, 15) is 0 Å². The summed E-state index contributed by atoms with van der Waals surface area (Å²) in [7, 11) is 1.88. The van der Waals surface area contributed by atoms with Gasteiger partial charge in [0.25, 0.3) is 0 Å². The Balaban J connectivity index is 1.32. The number of guanidine groups is 1. The summed E-state index contributed by atoms with van der Waals surface area (Å²) >= 11 is 1.51. The molecule has 0 spiro atoms. The number of rotatable bonds is 5. The van der Waals surface area contributed by atoms with Gasteiger partial charge in [0.05, 0.1) is 6.10 Å². The molecule has 2 unspecified atom stereocenters. The molecule has 8 heteroatoms. The van der Waals surface area contributed by atoms with E-state index < -0.39 is 0 Å². The molecule has 2 aromatic rings. The molecule has 7 nitrogen and oxygen atoms in total. The van der Waals surface area contributed by atoms with Crippen LogP contribution in [0.1, 0.15) is 42.8 Å². The van der Waals surface area contributed by atoms with Gasteiger partial charge in [-0.15, -0.1) is 0 Å². The Morgan fingerprint density at radius 3 is 2.68 bits per heavy atom. The second-order valence-corrected chi connectivity index (χ2v) is 9.08. The maximum atomic E-state index is 6.19. The lowest BCUT2D eigenvalue weighted by Gasteiger charge is -2.37. The fourth-order valence-corrected chi connectivity index (χ4v) is 5.16. The highest BCUT2D eigenvalue weighted by Gasteiger charge is 2.28. The second kappa shape index (κ2) is 10.4. The van der Waals surface area contributed by atoms with E-state index in [2.05, 4.69) is 67.6 Å². The predicted octanol–water partition coefficient (Wildman–Crippen LogP) is 3.27. The van der Waals surface area contributed by atoms with Gasteiger partial charge in [0, 0.05) is 70.2 Å². The van der Waals surface area contributed by atoms with Gasteiger partial charge in [-0.25, -0.2) is 4.98 Å². The van der Waals surface area contributed by atoms with Gasteiger partial charge < -0.3 is 19.9 Å². The number of hydrogen-bond donors (Lipinski definition) is 1. The summed E-state index contributed by atoms with van der Waals surface area (Å²) in [6.07, 6.45) is 3.34. The number of aryl methyl sites for hydroxylation is 2. The van der Waals surface area contributed by atoms with Gasteiger partial charge in [-0.05, 0) is 25.3 Å². The van der Waals surface area contributed by atoms with Crippen LogP contribution in [0.5, 0.6) is 0 Å². The highest BCUT2D eigenvalue weighted by atomic mass is 32.1. The van der Waals surface area contributed by atoms with Crippen LogP contribution in [0.2, 0.25) is 0 Å². The molecule has 0 bridgehead atoms. The average molecular weight is 443 g/mol. The fraction of sp³-hybridized carbons (Fsp3) is 0.609. The number of aliphatic imine (C=N–C) groups is 1. The zero-order valence-corrected chi connectivity index (χ0v) is 19.7. The smallest absolute Gasteiger partial charge is 0.205 e. The van der Waals surface area contributed by atoms with E-state index in [1.54, 1.807) is 0 Å². The summed E-state index contributed by atoms with van der Waals surface area (Å²) in [5.74, 6) is 2.38. The number of aromatic nitrogens is 2. The van der Waals surface area contributed by atoms with Gasteiger partial charge in [-0.3, -0.25) is 4.99 Å². The van der Waals surface area contributed by atoms with Crippen LogP contribution >= 0.6 is 11.5 Å². The SMILES string of the molecule is CCc1nsc(N2CCN(C(=NC)NCC3CCCOC3c3ccc(C)cc3)CC2)n1. The standard InChI is InChI=1S/C23H34N6OS/c1-4-20-26-23(31-27-20)29-13-11-28(12-14-29)22(24-3)25-16-19-6-5-15-30-21(19)18-9-7-17(2)8-10-18/h7-10,19,21H,4-6,11-16H2,1-3H3,(H,24,25). The summed E-state index contributed by atoms with van der Waals surface area (Å²) in [4.78, 5) is 13.9. The molecule has 1 aromatic heterocycles. The molecule has 31 heavy (non-hydrogen) atoms. The zero-order chi connectivity index (χ0) is 21.6. The molecule has 2 saturated heterocycles. The highest BCUT2D eigenvalue weighted by molar-refractivity contribution is 7.09. The van der Waals surface area contributed by atoms with Crippen molar-refractivity contribution in [2.24, 2.45) is 10.9 Å². The first-order valence-electron chi connectivity index (χ1n) is 11.4. The maximum Gasteiger partial charge on any atom is 0.205 e. The van der Waals surface area contributed by atoms with Crippen molar-refractivity contribution in [1.82, 2.24) is 19.6 Å². The van der Waals surface area contributed by atoms with Crippen LogP contribution in [0.4, 0.5) is 5.13 Å². The minimum absolute atomic E-state index is 0.155. The molecule has 2 aliphatic heterocycles. The Hall–Kier alpha value is -2.19. The van der Waals surface area contributed by atoms with Gasteiger partial charge >= 0.3 is 0 Å². The average Bonchev–Trinajstić information content (AvgIpc) is 3.30. The van der Waals surface area contributed by atoms with E-state index in [1.165, 1.54) is 29.1 Å². The Kier molecular flexibility index (Phi) is 7.40. The van der Waals surface area contributed by atoms with Crippen molar-refractivity contribution in [1.29, 1.82) is 0 Å². The van der Waals surface area contributed by atoms with E-state index in [-0.39, 0.29) is 6.10 Å². The van der Waals surface area contributed by atoms with Crippen molar-refractivity contribution in [3.63, 3.8) is 0 Å². The van der Waals surface area contributed by atoms with Crippen LogP contribution in [-0.4, -0.2) is 66.6 Å². The van der Waals surface area contributed by atoms with Crippen LogP contribution in [-0.2, 0) is 11.2 Å². The Morgan fingerprint density at radius 1 is 1.23 bits per heavy atom. The van der Waals surface area contributed by atoms with Gasteiger partial charge in [-0.2, -0.15) is 4.37 Å². The van der Waals surface area contributed by atoms with Crippen molar-refractivity contribution in [2.45, 2.75) is 39.2 Å². The second-order valence-electron chi connectivity index (χ2n) is 8.35. The molecule has 0 aliphatic carbocycles. The van der Waals surface area contributed by atoms with Crippen molar-refractivity contribution in [2.75, 3.05) is 51.3 Å². The maximum absolute atomic E-state index is 6.19. The molecular formula is C23H34N6OS. The van der Waals surface area contributed by atoms with Crippen LogP contribution in [0, 0.1) is 12.8 Å². The summed E-state index contributed by atoms with van der Waals surface area (Å²) < 4.78 is 10.6. The van der Waals surface area contributed by atoms with Crippen molar-refractivity contribution < 1.29 is 4.74 Å². The molecule has 3 heterocycles. The molecule has 1 N–H and O–H groups in total. The number of anilines is 1. The number of benzene rings is 1. The lowest BCUT2D eigenvalue weighted by atomic mass is 9.89. The molecule has 2 aliphatic rings. The van der Waals surface area contributed by atoms with Gasteiger partial charge in [-0.1, -0.05) is 36.8 Å². The largest absolute Gasteiger partial charge is 0.373 e. The topological polar surface area (TPSA) is 65.9 Å². The third kappa shape index (κ3) is 5.36. The van der Waals surface area contributed by atoms with Crippen molar-refractivity contribution >= 4 is 22.6 Å². The van der Waals surface area contributed by atoms with Gasteiger partial charge in [0.15, 0.2) is 5.96 Å². The molecule has 0 amide bonds. The van der Waals surface area contributed by atoms with Crippen molar-refractivity contribution in [3.8, 4) is 0 Å². The minimum atomic E-state index is 0.155. The normalized spacial score (nSPS) is 22.6. The van der Waals surface area contributed by atoms with Gasteiger partial charge in [0.1, 0.15) is 5.82 Å². The van der Waals surface area contributed by atoms with Crippen LogP contribution in [0.15, 0.2) is 29.3 Å². The quantitative estimate of drug-likeness (QED) is 0.566. The molecule has 2 atom stereocenters. The number of ether oxygens (including phenoxy) is 1. The third-order valence-corrected chi connectivity index (χ3v) is 7.02. The van der Waals surface area contributed by atoms with E-state index >= 15 is 0 Å². The number of hydrogen-bond acceptors (Lipinski definition) is 6. The monoisotopic (exact) mass is 442 g/mol. The first-order valence-corrected chi connectivity index (χ1v) is 12.2. The molecule has 1 aromatic carbocycles. The first-order chi connectivity index (χ1) is 15.2. The van der Waals surface area contributed by atoms with E-state index in [4.69, 9.17) is 4.74 Å². The van der Waals surface area contributed by atoms with Gasteiger partial charge in [0.2, 0.25) is 5.13 Å². The summed E-state index contributed by atoms with van der Waals surface area (Å²) in [6, 6.07) is 8.78. The van der Waals surface area contributed by atoms with E-state index in [0.29, 0.717) is 5.92 Å². The molecule has 2 fully saturated rings. The molecule has 4 rings (SSSR count). The molecule has 0 radical (unpaired) electrons. The molecule has 168 valence electrons. The number of nitrogens with one attached hydrogen (secondary N) is 1. The van der Waals surface area contributed by atoms with Crippen LogP contribution in [0.3, 0.4) is 0 Å². The minimum Gasteiger partial charge on any atom is -0.373 e. The van der Waals surface area contributed by atoms with Crippen LogP contribution < -0.4 is 10.2 Å². The number of nitrogens with zero attached hydrogens (tertiary/aromatic N) is 5. The summed E-state index contributed by atoms with van der Waals surface area (Å²) in [5, 5.41) is 4.68. The van der Waals surface area contributed by atoms with Crippen molar-refractivity contribution in [3.05, 3.63) is 41.2 Å². The summed E-state index contributed by atoms with van der Waals surface area (Å²) in [5.41, 5.74) is 2.57. The first kappa shape index (κ1) is 22.0. The van der Waals surface area contributed by atoms with Crippen LogP contribution in [0.25, 0.3) is 0 Å². The third-order valence-electron chi connectivity index (χ3n) is 6.21. The lowest BCUT2D eigenvalue weighted by molar-refractivity contribution is -0.0266. The molecular weight excluding hydrogens is 408 g/mol. The fourth-order valence-electron chi connectivity index (χ4n) is 4.36. The Labute approximate surface area is 189 Å². The Morgan fingerprint density at radius 2 is 2.00 bits per heavy atom. The predicted molar refractivity (Wildman–Crippen MR) is 127 cm³/mol.